The number of nitrogens with one attached hydrogen (secondary N) is 1. The minimum atomic E-state index is -0.0978. The molecule has 2 rings (SSSR count). The quantitative estimate of drug-likeness (QED) is 0.719. The smallest absolute Gasteiger partial charge is 0.257 e. The highest BCUT2D eigenvalue weighted by Gasteiger charge is 2.06. The van der Waals surface area contributed by atoms with Gasteiger partial charge >= 0.3 is 0 Å². The number of benzene rings is 1. The van der Waals surface area contributed by atoms with E-state index in [0.717, 1.165) is 18.4 Å². The van der Waals surface area contributed by atoms with E-state index in [2.05, 4.69) is 22.4 Å². The predicted octanol–water partition coefficient (Wildman–Crippen LogP) is 3.12. The summed E-state index contributed by atoms with van der Waals surface area (Å²) in [6, 6.07) is 7.25. The van der Waals surface area contributed by atoms with Crippen molar-refractivity contribution in [1.29, 1.82) is 0 Å². The van der Waals surface area contributed by atoms with Crippen molar-refractivity contribution in [3.05, 3.63) is 30.2 Å². The van der Waals surface area contributed by atoms with Gasteiger partial charge in [-0.05, 0) is 30.7 Å². The third kappa shape index (κ3) is 5.73. The first-order valence-electron chi connectivity index (χ1n) is 7.99. The number of aromatic nitrogens is 2. The molecular formula is C17H23N3O3. The van der Waals surface area contributed by atoms with Crippen molar-refractivity contribution in [2.75, 3.05) is 13.2 Å². The lowest BCUT2D eigenvalue weighted by Crippen LogP contribution is -2.29. The summed E-state index contributed by atoms with van der Waals surface area (Å²) in [6.45, 7) is 4.64. The Morgan fingerprint density at radius 2 is 2.00 bits per heavy atom. The average Bonchev–Trinajstić information content (AvgIpc) is 3.00. The first-order chi connectivity index (χ1) is 11.2. The van der Waals surface area contributed by atoms with Gasteiger partial charge in [0.25, 0.3) is 5.91 Å². The van der Waals surface area contributed by atoms with Crippen molar-refractivity contribution >= 4 is 5.91 Å². The fourth-order valence-corrected chi connectivity index (χ4v) is 2.10. The molecule has 6 heteroatoms. The van der Waals surface area contributed by atoms with Gasteiger partial charge in [0, 0.05) is 19.0 Å². The van der Waals surface area contributed by atoms with Crippen LogP contribution < -0.4 is 10.1 Å². The number of hydrogen-bond acceptors (Lipinski definition) is 5. The molecule has 124 valence electrons. The summed E-state index contributed by atoms with van der Waals surface area (Å²) in [5.41, 5.74) is 0.842. The fourth-order valence-electron chi connectivity index (χ4n) is 2.10. The van der Waals surface area contributed by atoms with Crippen molar-refractivity contribution in [2.24, 2.45) is 0 Å². The zero-order valence-corrected chi connectivity index (χ0v) is 13.7. The molecule has 0 saturated heterocycles. The van der Waals surface area contributed by atoms with Crippen molar-refractivity contribution in [3.8, 4) is 17.1 Å². The van der Waals surface area contributed by atoms with E-state index >= 15 is 0 Å². The Kier molecular flexibility index (Phi) is 6.59. The molecule has 23 heavy (non-hydrogen) atoms. The van der Waals surface area contributed by atoms with Crippen LogP contribution in [0.2, 0.25) is 0 Å². The molecule has 1 aromatic heterocycles. The number of ether oxygens (including phenoxy) is 1. The topological polar surface area (TPSA) is 77.2 Å². The third-order valence-electron chi connectivity index (χ3n) is 3.36. The Labute approximate surface area is 136 Å². The number of amides is 1. The molecule has 0 saturated carbocycles. The van der Waals surface area contributed by atoms with E-state index in [1.807, 2.05) is 12.1 Å². The molecule has 0 aliphatic heterocycles. The van der Waals surface area contributed by atoms with Gasteiger partial charge in [0.15, 0.2) is 6.61 Å². The number of carbonyl (C=O) groups excluding carboxylic acids is 1. The second-order valence-corrected chi connectivity index (χ2v) is 5.36. The second-order valence-electron chi connectivity index (χ2n) is 5.36. The molecule has 0 atom stereocenters. The Bertz CT molecular complexity index is 608. The maximum absolute atomic E-state index is 11.7. The van der Waals surface area contributed by atoms with Crippen LogP contribution in [0, 0.1) is 6.92 Å². The number of hydrogen-bond donors (Lipinski definition) is 1. The standard InChI is InChI=1S/C17H23N3O3/c1-3-4-5-6-11-18-16(21)12-22-15-9-7-14(8-10-15)17-19-13(2)23-20-17/h7-10H,3-6,11-12H2,1-2H3,(H,18,21). The van der Waals surface area contributed by atoms with Crippen LogP contribution in [-0.2, 0) is 4.79 Å². The molecule has 0 unspecified atom stereocenters. The van der Waals surface area contributed by atoms with E-state index < -0.39 is 0 Å². The summed E-state index contributed by atoms with van der Waals surface area (Å²) in [6.07, 6.45) is 4.56. The maximum atomic E-state index is 11.7. The molecule has 1 amide bonds. The van der Waals surface area contributed by atoms with Crippen LogP contribution in [0.15, 0.2) is 28.8 Å². The summed E-state index contributed by atoms with van der Waals surface area (Å²) in [5.74, 6) is 1.60. The monoisotopic (exact) mass is 317 g/mol. The van der Waals surface area contributed by atoms with Crippen molar-refractivity contribution in [3.63, 3.8) is 0 Å². The van der Waals surface area contributed by atoms with Crippen LogP contribution >= 0.6 is 0 Å². The second kappa shape index (κ2) is 8.92. The fraction of sp³-hybridized carbons (Fsp3) is 0.471. The molecular weight excluding hydrogens is 294 g/mol. The van der Waals surface area contributed by atoms with Crippen LogP contribution in [-0.4, -0.2) is 29.2 Å². The van der Waals surface area contributed by atoms with E-state index in [1.165, 1.54) is 12.8 Å². The van der Waals surface area contributed by atoms with E-state index in [0.29, 0.717) is 24.0 Å². The average molecular weight is 317 g/mol. The molecule has 0 aliphatic rings. The molecule has 2 aromatic rings. The van der Waals surface area contributed by atoms with Gasteiger partial charge in [-0.3, -0.25) is 4.79 Å². The van der Waals surface area contributed by atoms with Gasteiger partial charge in [0.05, 0.1) is 0 Å². The summed E-state index contributed by atoms with van der Waals surface area (Å²) in [4.78, 5) is 15.8. The van der Waals surface area contributed by atoms with Gasteiger partial charge in [-0.2, -0.15) is 4.98 Å². The van der Waals surface area contributed by atoms with E-state index in [1.54, 1.807) is 19.1 Å². The summed E-state index contributed by atoms with van der Waals surface area (Å²) in [7, 11) is 0. The van der Waals surface area contributed by atoms with Crippen LogP contribution in [0.4, 0.5) is 0 Å². The van der Waals surface area contributed by atoms with E-state index in [9.17, 15) is 4.79 Å². The van der Waals surface area contributed by atoms with E-state index in [-0.39, 0.29) is 12.5 Å². The lowest BCUT2D eigenvalue weighted by molar-refractivity contribution is -0.123. The first-order valence-corrected chi connectivity index (χ1v) is 7.99. The zero-order chi connectivity index (χ0) is 16.5. The Balaban J connectivity index is 1.72. The predicted molar refractivity (Wildman–Crippen MR) is 87.1 cm³/mol. The lowest BCUT2D eigenvalue weighted by atomic mass is 10.2. The van der Waals surface area contributed by atoms with Crippen LogP contribution in [0.5, 0.6) is 5.75 Å². The highest BCUT2D eigenvalue weighted by Crippen LogP contribution is 2.19. The Morgan fingerprint density at radius 3 is 2.65 bits per heavy atom. The van der Waals surface area contributed by atoms with Crippen molar-refractivity contribution < 1.29 is 14.1 Å². The number of rotatable bonds is 9. The lowest BCUT2D eigenvalue weighted by Gasteiger charge is -2.07. The van der Waals surface area contributed by atoms with Gasteiger partial charge in [-0.15, -0.1) is 0 Å². The summed E-state index contributed by atoms with van der Waals surface area (Å²) < 4.78 is 10.4. The van der Waals surface area contributed by atoms with E-state index in [4.69, 9.17) is 9.26 Å². The molecule has 0 fully saturated rings. The highest BCUT2D eigenvalue weighted by atomic mass is 16.5. The van der Waals surface area contributed by atoms with Crippen LogP contribution in [0.25, 0.3) is 11.4 Å². The normalized spacial score (nSPS) is 10.5. The third-order valence-corrected chi connectivity index (χ3v) is 3.36. The summed E-state index contributed by atoms with van der Waals surface area (Å²) in [5, 5.41) is 6.71. The summed E-state index contributed by atoms with van der Waals surface area (Å²) >= 11 is 0. The molecule has 1 aromatic carbocycles. The van der Waals surface area contributed by atoms with Crippen LogP contribution in [0.1, 0.15) is 38.5 Å². The van der Waals surface area contributed by atoms with Crippen molar-refractivity contribution in [2.45, 2.75) is 39.5 Å². The number of nitrogens with zero attached hydrogens (tertiary/aromatic N) is 2. The van der Waals surface area contributed by atoms with Gasteiger partial charge in [0.1, 0.15) is 5.75 Å². The highest BCUT2D eigenvalue weighted by molar-refractivity contribution is 5.77. The largest absolute Gasteiger partial charge is 0.484 e. The molecule has 0 bridgehead atoms. The molecule has 0 spiro atoms. The zero-order valence-electron chi connectivity index (χ0n) is 13.7. The van der Waals surface area contributed by atoms with Gasteiger partial charge in [0.2, 0.25) is 11.7 Å². The molecule has 6 nitrogen and oxygen atoms in total. The number of unbranched alkanes of at least 4 members (excludes halogenated alkanes) is 3. The number of aryl methyl sites for hydroxylation is 1. The van der Waals surface area contributed by atoms with Gasteiger partial charge < -0.3 is 14.6 Å². The van der Waals surface area contributed by atoms with Crippen LogP contribution in [0.3, 0.4) is 0 Å². The molecule has 0 radical (unpaired) electrons. The van der Waals surface area contributed by atoms with Gasteiger partial charge in [-0.1, -0.05) is 31.3 Å². The molecule has 1 heterocycles. The first kappa shape index (κ1) is 17.0. The van der Waals surface area contributed by atoms with Crippen molar-refractivity contribution in [1.82, 2.24) is 15.5 Å². The van der Waals surface area contributed by atoms with Gasteiger partial charge in [-0.25, -0.2) is 0 Å². The maximum Gasteiger partial charge on any atom is 0.257 e. The Hall–Kier alpha value is -2.37. The minimum Gasteiger partial charge on any atom is -0.484 e. The number of carbonyl (C=O) groups is 1. The Morgan fingerprint density at radius 1 is 1.22 bits per heavy atom. The minimum absolute atomic E-state index is 0.0223. The SMILES string of the molecule is CCCCCCNC(=O)COc1ccc(-c2noc(C)n2)cc1. The molecule has 0 aliphatic carbocycles. The molecule has 1 N–H and O–H groups in total.